The Morgan fingerprint density at radius 3 is 2.50 bits per heavy atom. The van der Waals surface area contributed by atoms with Crippen molar-refractivity contribution < 1.29 is 4.79 Å². The largest absolute Gasteiger partial charge is 0.322 e. The van der Waals surface area contributed by atoms with Crippen molar-refractivity contribution >= 4 is 34.9 Å². The molecule has 0 saturated carbocycles. The molecule has 0 saturated heterocycles. The maximum Gasteiger partial charge on any atom is 0.322 e. The van der Waals surface area contributed by atoms with E-state index in [1.165, 1.54) is 0 Å². The standard InChI is InChI=1S/C20H29Cl2N5O/c1-6-27-12-16(10-23-27)24-20(28)26(13-19(14(2)3)25(4)5)11-15-7-8-17(21)18(22)9-15/h7-10,12,14,19H,6,11,13H2,1-5H3,(H,24,28)/t19-/m0/s1. The number of amides is 2. The van der Waals surface area contributed by atoms with E-state index in [1.54, 1.807) is 27.9 Å². The molecule has 0 radical (unpaired) electrons. The Balaban J connectivity index is 2.22. The van der Waals surface area contributed by atoms with E-state index in [0.717, 1.165) is 12.1 Å². The highest BCUT2D eigenvalue weighted by Crippen LogP contribution is 2.24. The van der Waals surface area contributed by atoms with Gasteiger partial charge < -0.3 is 15.1 Å². The highest BCUT2D eigenvalue weighted by atomic mass is 35.5. The lowest BCUT2D eigenvalue weighted by molar-refractivity contribution is 0.155. The minimum Gasteiger partial charge on any atom is -0.319 e. The van der Waals surface area contributed by atoms with E-state index in [2.05, 4.69) is 29.2 Å². The summed E-state index contributed by atoms with van der Waals surface area (Å²) in [4.78, 5) is 17.0. The average molecular weight is 426 g/mol. The van der Waals surface area contributed by atoms with Crippen LogP contribution in [-0.2, 0) is 13.1 Å². The normalized spacial score (nSPS) is 12.5. The van der Waals surface area contributed by atoms with Crippen LogP contribution in [0.25, 0.3) is 0 Å². The predicted molar refractivity (Wildman–Crippen MR) is 116 cm³/mol. The summed E-state index contributed by atoms with van der Waals surface area (Å²) >= 11 is 12.2. The molecule has 2 rings (SSSR count). The third-order valence-corrected chi connectivity index (χ3v) is 5.43. The molecule has 1 heterocycles. The number of nitrogens with zero attached hydrogens (tertiary/aromatic N) is 4. The zero-order valence-corrected chi connectivity index (χ0v) is 18.6. The molecule has 154 valence electrons. The van der Waals surface area contributed by atoms with Crippen molar-refractivity contribution in [3.63, 3.8) is 0 Å². The number of carbonyl (C=O) groups is 1. The molecule has 1 atom stereocenters. The highest BCUT2D eigenvalue weighted by Gasteiger charge is 2.24. The van der Waals surface area contributed by atoms with Gasteiger partial charge in [0.15, 0.2) is 0 Å². The van der Waals surface area contributed by atoms with Gasteiger partial charge in [-0.3, -0.25) is 4.68 Å². The molecule has 0 aliphatic carbocycles. The summed E-state index contributed by atoms with van der Waals surface area (Å²) in [6.07, 6.45) is 3.48. The second kappa shape index (κ2) is 10.1. The third kappa shape index (κ3) is 6.12. The fraction of sp³-hybridized carbons (Fsp3) is 0.500. The van der Waals surface area contributed by atoms with Crippen LogP contribution in [-0.4, -0.2) is 52.3 Å². The van der Waals surface area contributed by atoms with Gasteiger partial charge in [-0.1, -0.05) is 43.1 Å². The Morgan fingerprint density at radius 1 is 1.25 bits per heavy atom. The maximum atomic E-state index is 13.0. The van der Waals surface area contributed by atoms with E-state index >= 15 is 0 Å². The first-order valence-electron chi connectivity index (χ1n) is 9.40. The lowest BCUT2D eigenvalue weighted by Gasteiger charge is -2.34. The van der Waals surface area contributed by atoms with E-state index in [0.29, 0.717) is 34.7 Å². The molecule has 0 aliphatic heterocycles. The topological polar surface area (TPSA) is 53.4 Å². The average Bonchev–Trinajstić information content (AvgIpc) is 3.08. The third-order valence-electron chi connectivity index (χ3n) is 4.69. The summed E-state index contributed by atoms with van der Waals surface area (Å²) in [5.74, 6) is 0.391. The number of nitrogens with one attached hydrogen (secondary N) is 1. The van der Waals surface area contributed by atoms with Gasteiger partial charge in [0.1, 0.15) is 0 Å². The lowest BCUT2D eigenvalue weighted by atomic mass is 10.0. The first-order chi connectivity index (χ1) is 13.2. The van der Waals surface area contributed by atoms with Crippen molar-refractivity contribution in [1.29, 1.82) is 0 Å². The molecular weight excluding hydrogens is 397 g/mol. The summed E-state index contributed by atoms with van der Waals surface area (Å²) < 4.78 is 1.77. The zero-order chi connectivity index (χ0) is 20.8. The van der Waals surface area contributed by atoms with Gasteiger partial charge >= 0.3 is 6.03 Å². The summed E-state index contributed by atoms with van der Waals surface area (Å²) in [6, 6.07) is 5.50. The molecule has 8 heteroatoms. The minimum absolute atomic E-state index is 0.172. The predicted octanol–water partition coefficient (Wildman–Crippen LogP) is 4.83. The molecule has 0 bridgehead atoms. The van der Waals surface area contributed by atoms with E-state index < -0.39 is 0 Å². The van der Waals surface area contributed by atoms with E-state index in [4.69, 9.17) is 23.2 Å². The zero-order valence-electron chi connectivity index (χ0n) is 17.1. The second-order valence-corrected chi connectivity index (χ2v) is 8.23. The number of aryl methyl sites for hydroxylation is 1. The number of halogens is 2. The summed E-state index contributed by atoms with van der Waals surface area (Å²) in [6.45, 7) is 8.08. The molecule has 2 amide bonds. The van der Waals surface area contributed by atoms with E-state index in [9.17, 15) is 4.79 Å². The van der Waals surface area contributed by atoms with Crippen LogP contribution in [0.15, 0.2) is 30.6 Å². The summed E-state index contributed by atoms with van der Waals surface area (Å²) in [7, 11) is 4.07. The van der Waals surface area contributed by atoms with Crippen LogP contribution in [0.1, 0.15) is 26.3 Å². The van der Waals surface area contributed by atoms with Crippen LogP contribution < -0.4 is 5.32 Å². The van der Waals surface area contributed by atoms with Gasteiger partial charge in [-0.05, 0) is 44.6 Å². The summed E-state index contributed by atoms with van der Waals surface area (Å²) in [5, 5.41) is 8.15. The van der Waals surface area contributed by atoms with Crippen LogP contribution in [0.5, 0.6) is 0 Å². The quantitative estimate of drug-likeness (QED) is 0.658. The van der Waals surface area contributed by atoms with Crippen molar-refractivity contribution in [2.45, 2.75) is 39.9 Å². The highest BCUT2D eigenvalue weighted by molar-refractivity contribution is 6.42. The maximum absolute atomic E-state index is 13.0. The number of likely N-dealkylation sites (N-methyl/N-ethyl adjacent to an activating group) is 1. The van der Waals surface area contributed by atoms with E-state index in [1.807, 2.05) is 33.3 Å². The molecular formula is C20H29Cl2N5O. The smallest absolute Gasteiger partial charge is 0.319 e. The van der Waals surface area contributed by atoms with Crippen molar-refractivity contribution in [1.82, 2.24) is 19.6 Å². The van der Waals surface area contributed by atoms with Gasteiger partial charge in [0.25, 0.3) is 0 Å². The monoisotopic (exact) mass is 425 g/mol. The number of urea groups is 1. The molecule has 28 heavy (non-hydrogen) atoms. The van der Waals surface area contributed by atoms with Crippen LogP contribution in [0, 0.1) is 5.92 Å². The molecule has 0 aliphatic rings. The number of hydrogen-bond donors (Lipinski definition) is 1. The Labute approximate surface area is 177 Å². The summed E-state index contributed by atoms with van der Waals surface area (Å²) in [5.41, 5.74) is 1.60. The minimum atomic E-state index is -0.172. The van der Waals surface area contributed by atoms with Crippen molar-refractivity contribution in [2.75, 3.05) is 26.0 Å². The molecule has 0 fully saturated rings. The molecule has 0 spiro atoms. The van der Waals surface area contributed by atoms with E-state index in [-0.39, 0.29) is 12.1 Å². The van der Waals surface area contributed by atoms with Gasteiger partial charge in [-0.15, -0.1) is 0 Å². The Hall–Kier alpha value is -1.76. The first-order valence-corrected chi connectivity index (χ1v) is 10.2. The number of carbonyl (C=O) groups excluding carboxylic acids is 1. The van der Waals surface area contributed by atoms with Crippen LogP contribution in [0.4, 0.5) is 10.5 Å². The lowest BCUT2D eigenvalue weighted by Crippen LogP contribution is -2.46. The molecule has 6 nitrogen and oxygen atoms in total. The fourth-order valence-electron chi connectivity index (χ4n) is 3.08. The Bertz CT molecular complexity index is 783. The molecule has 1 aromatic heterocycles. The van der Waals surface area contributed by atoms with Crippen LogP contribution in [0.3, 0.4) is 0 Å². The van der Waals surface area contributed by atoms with Crippen molar-refractivity contribution in [3.8, 4) is 0 Å². The fourth-order valence-corrected chi connectivity index (χ4v) is 3.40. The Morgan fingerprint density at radius 2 is 1.96 bits per heavy atom. The van der Waals surface area contributed by atoms with Crippen LogP contribution >= 0.6 is 23.2 Å². The van der Waals surface area contributed by atoms with Crippen molar-refractivity contribution in [2.24, 2.45) is 5.92 Å². The number of hydrogen-bond acceptors (Lipinski definition) is 3. The van der Waals surface area contributed by atoms with Gasteiger partial charge in [0.05, 0.1) is 21.9 Å². The van der Waals surface area contributed by atoms with Gasteiger partial charge in [-0.25, -0.2) is 4.79 Å². The van der Waals surface area contributed by atoms with Gasteiger partial charge in [0.2, 0.25) is 0 Å². The van der Waals surface area contributed by atoms with Crippen LogP contribution in [0.2, 0.25) is 10.0 Å². The first kappa shape index (κ1) is 22.5. The molecule has 2 aromatic rings. The second-order valence-electron chi connectivity index (χ2n) is 7.42. The van der Waals surface area contributed by atoms with Gasteiger partial charge in [-0.2, -0.15) is 5.10 Å². The number of anilines is 1. The molecule has 0 unspecified atom stereocenters. The van der Waals surface area contributed by atoms with Crippen molar-refractivity contribution in [3.05, 3.63) is 46.2 Å². The SMILES string of the molecule is CCn1cc(NC(=O)N(Cc2ccc(Cl)c(Cl)c2)C[C@@H](C(C)C)N(C)C)cn1. The number of aromatic nitrogens is 2. The Kier molecular flexibility index (Phi) is 8.16. The molecule has 1 aromatic carbocycles. The number of rotatable bonds is 8. The molecule has 1 N–H and O–H groups in total. The number of benzene rings is 1. The van der Waals surface area contributed by atoms with Gasteiger partial charge in [0, 0.05) is 31.9 Å².